The van der Waals surface area contributed by atoms with Crippen molar-refractivity contribution in [3.63, 3.8) is 0 Å². The van der Waals surface area contributed by atoms with Gasteiger partial charge in [0.25, 0.3) is 8.32 Å². The van der Waals surface area contributed by atoms with Crippen molar-refractivity contribution in [3.8, 4) is 0 Å². The highest BCUT2D eigenvalue weighted by atomic mass is 32.1. The van der Waals surface area contributed by atoms with E-state index in [1.165, 1.54) is 0 Å². The molecule has 0 bridgehead atoms. The molecule has 284 valence electrons. The van der Waals surface area contributed by atoms with Crippen molar-refractivity contribution < 1.29 is 30.8 Å². The lowest BCUT2D eigenvalue weighted by Gasteiger charge is -2.46. The first-order chi connectivity index (χ1) is 25.3. The number of thiocarbonyl (C=S) groups is 1. The molecule has 2 N–H and O–H groups in total. The van der Waals surface area contributed by atoms with Crippen LogP contribution in [-0.2, 0) is 16.8 Å². The summed E-state index contributed by atoms with van der Waals surface area (Å²) in [5, 5.41) is 9.84. The number of benzene rings is 5. The Bertz CT molecular complexity index is 1880. The maximum absolute atomic E-state index is 13.8. The second kappa shape index (κ2) is 16.4. The quantitative estimate of drug-likeness (QED) is 0.0604. The fraction of sp³-hybridized carbons (Fsp3) is 0.262. The van der Waals surface area contributed by atoms with Crippen LogP contribution < -0.4 is 31.6 Å². The minimum Gasteiger partial charge on any atom is -0.403 e. The molecular formula is C42H44F6N2OPSSi+. The Morgan fingerprint density at radius 2 is 1.06 bits per heavy atom. The predicted octanol–water partition coefficient (Wildman–Crippen LogP) is 9.64. The molecule has 0 unspecified atom stereocenters. The summed E-state index contributed by atoms with van der Waals surface area (Å²) in [7, 11) is -5.38. The van der Waals surface area contributed by atoms with Crippen LogP contribution in [0.15, 0.2) is 140 Å². The second-order valence-corrected chi connectivity index (χ2v) is 23.0. The van der Waals surface area contributed by atoms with Gasteiger partial charge >= 0.3 is 12.4 Å². The Balaban J connectivity index is 1.62. The van der Waals surface area contributed by atoms with Crippen molar-refractivity contribution in [1.82, 2.24) is 5.32 Å². The highest BCUT2D eigenvalue weighted by Gasteiger charge is 2.53. The average Bonchev–Trinajstić information content (AvgIpc) is 3.13. The average molecular weight is 798 g/mol. The molecule has 0 aliphatic heterocycles. The molecule has 0 aliphatic rings. The van der Waals surface area contributed by atoms with E-state index < -0.39 is 56.9 Å². The molecule has 0 aliphatic carbocycles. The number of anilines is 1. The molecule has 0 radical (unpaired) electrons. The zero-order chi connectivity index (χ0) is 39.4. The summed E-state index contributed by atoms with van der Waals surface area (Å²) in [4.78, 5) is 0. The van der Waals surface area contributed by atoms with Crippen LogP contribution in [0.3, 0.4) is 0 Å². The molecule has 5 aromatic carbocycles. The van der Waals surface area contributed by atoms with Gasteiger partial charge in [-0.15, -0.1) is 0 Å². The second-order valence-electron chi connectivity index (χ2n) is 14.5. The topological polar surface area (TPSA) is 33.3 Å². The molecule has 0 aromatic heterocycles. The molecule has 0 heterocycles. The van der Waals surface area contributed by atoms with E-state index in [0.29, 0.717) is 18.3 Å². The highest BCUT2D eigenvalue weighted by molar-refractivity contribution is 7.89. The summed E-state index contributed by atoms with van der Waals surface area (Å²) in [6.45, 7) is 10.7. The number of halogens is 6. The van der Waals surface area contributed by atoms with Crippen molar-refractivity contribution in [1.29, 1.82) is 0 Å². The molecule has 54 heavy (non-hydrogen) atoms. The van der Waals surface area contributed by atoms with Crippen LogP contribution in [0.5, 0.6) is 0 Å². The van der Waals surface area contributed by atoms with Crippen LogP contribution in [0.25, 0.3) is 0 Å². The molecule has 5 aromatic rings. The number of hydrogen-bond donors (Lipinski definition) is 2. The van der Waals surface area contributed by atoms with Crippen molar-refractivity contribution in [3.05, 3.63) is 151 Å². The van der Waals surface area contributed by atoms with Crippen molar-refractivity contribution in [2.75, 3.05) is 18.1 Å². The van der Waals surface area contributed by atoms with Gasteiger partial charge in [0.15, 0.2) is 5.11 Å². The normalized spacial score (nSPS) is 13.9. The maximum Gasteiger partial charge on any atom is 0.416 e. The largest absolute Gasteiger partial charge is 0.416 e. The standard InChI is InChI=1S/C42H43F6N2OPSSi/c1-30(51-54(40(2,3)4,36-22-14-8-15-23-36)37-24-16-9-17-25-37)38(29-52(5,34-18-10-6-11-19-34)35-20-12-7-13-21-35)50-39(53)49-33-27-31(41(43,44)45)26-32(28-33)42(46,47)48/h6-28,30,38H,29H2,1-5H3,(H-,49,50,53)/p+1/t30-,38+/m0/s1. The minimum atomic E-state index is -5.01. The smallest absolute Gasteiger partial charge is 0.403 e. The van der Waals surface area contributed by atoms with E-state index >= 15 is 0 Å². The van der Waals surface area contributed by atoms with Crippen LogP contribution in [-0.4, -0.2) is 38.4 Å². The van der Waals surface area contributed by atoms with E-state index in [0.717, 1.165) is 21.0 Å². The Hall–Kier alpha value is -4.02. The first-order valence-corrected chi connectivity index (χ1v) is 22.2. The van der Waals surface area contributed by atoms with E-state index in [9.17, 15) is 26.3 Å². The third kappa shape index (κ3) is 9.25. The van der Waals surface area contributed by atoms with Gasteiger partial charge in [-0.3, -0.25) is 0 Å². The first kappa shape index (κ1) is 41.1. The molecule has 12 heteroatoms. The van der Waals surface area contributed by atoms with Crippen molar-refractivity contribution >= 4 is 59.6 Å². The zero-order valence-electron chi connectivity index (χ0n) is 30.7. The van der Waals surface area contributed by atoms with E-state index in [4.69, 9.17) is 16.6 Å². The summed E-state index contributed by atoms with van der Waals surface area (Å²) in [5.41, 5.74) is -3.30. The third-order valence-electron chi connectivity index (χ3n) is 9.72. The van der Waals surface area contributed by atoms with Gasteiger partial charge in [0.2, 0.25) is 0 Å². The Kier molecular flexibility index (Phi) is 12.5. The monoisotopic (exact) mass is 797 g/mol. The highest BCUT2D eigenvalue weighted by Crippen LogP contribution is 2.53. The Labute approximate surface area is 320 Å². The van der Waals surface area contributed by atoms with Crippen LogP contribution >= 0.6 is 19.5 Å². The molecule has 0 amide bonds. The van der Waals surface area contributed by atoms with Crippen LogP contribution in [0, 0.1) is 0 Å². The van der Waals surface area contributed by atoms with E-state index in [1.807, 2.05) is 79.7 Å². The first-order valence-electron chi connectivity index (χ1n) is 17.5. The Morgan fingerprint density at radius 3 is 1.43 bits per heavy atom. The van der Waals surface area contributed by atoms with Gasteiger partial charge in [0.1, 0.15) is 0 Å². The van der Waals surface area contributed by atoms with Gasteiger partial charge in [0, 0.05) is 5.69 Å². The molecule has 0 fully saturated rings. The van der Waals surface area contributed by atoms with Gasteiger partial charge in [-0.05, 0) is 77.0 Å². The molecule has 0 saturated carbocycles. The van der Waals surface area contributed by atoms with Gasteiger partial charge in [0.05, 0.1) is 54.0 Å². The predicted molar refractivity (Wildman–Crippen MR) is 218 cm³/mol. The van der Waals surface area contributed by atoms with E-state index in [1.54, 1.807) is 0 Å². The fourth-order valence-electron chi connectivity index (χ4n) is 6.99. The van der Waals surface area contributed by atoms with Crippen molar-refractivity contribution in [2.24, 2.45) is 0 Å². The van der Waals surface area contributed by atoms with E-state index in [2.05, 4.69) is 86.6 Å². The van der Waals surface area contributed by atoms with E-state index in [-0.39, 0.29) is 16.2 Å². The third-order valence-corrected chi connectivity index (χ3v) is 19.1. The maximum atomic E-state index is 13.8. The lowest BCUT2D eigenvalue weighted by molar-refractivity contribution is -0.143. The summed E-state index contributed by atoms with van der Waals surface area (Å²) in [6.07, 6.45) is -10.1. The summed E-state index contributed by atoms with van der Waals surface area (Å²) < 4.78 is 90.2. The number of alkyl halides is 6. The van der Waals surface area contributed by atoms with Gasteiger partial charge in [-0.1, -0.05) is 118 Å². The lowest BCUT2D eigenvalue weighted by Crippen LogP contribution is -2.69. The summed E-state index contributed by atoms with van der Waals surface area (Å²) in [5.74, 6) is 0. The van der Waals surface area contributed by atoms with Crippen LogP contribution in [0.1, 0.15) is 38.8 Å². The molecular weight excluding hydrogens is 754 g/mol. The SMILES string of the molecule is C[C@H](O[Si](c1ccccc1)(c1ccccc1)C(C)(C)C)[C@@H](C[P+](C)(c1ccccc1)c1ccccc1)NC(=S)Nc1cc(C(F)(F)F)cc(C(F)(F)F)c1. The number of rotatable bonds is 11. The summed E-state index contributed by atoms with van der Waals surface area (Å²) >= 11 is 5.71. The molecule has 2 atom stereocenters. The van der Waals surface area contributed by atoms with Crippen LogP contribution in [0.4, 0.5) is 32.0 Å². The summed E-state index contributed by atoms with van der Waals surface area (Å²) in [6, 6.07) is 41.2. The van der Waals surface area contributed by atoms with Crippen LogP contribution in [0.2, 0.25) is 5.04 Å². The Morgan fingerprint density at radius 1 is 0.667 bits per heavy atom. The van der Waals surface area contributed by atoms with Gasteiger partial charge < -0.3 is 15.1 Å². The number of nitrogens with one attached hydrogen (secondary N) is 2. The molecule has 5 rings (SSSR count). The molecule has 3 nitrogen and oxygen atoms in total. The number of hydrogen-bond acceptors (Lipinski definition) is 2. The fourth-order valence-corrected chi connectivity index (χ4v) is 15.6. The lowest BCUT2D eigenvalue weighted by atomic mass is 10.1. The van der Waals surface area contributed by atoms with Gasteiger partial charge in [-0.25, -0.2) is 0 Å². The molecule has 0 spiro atoms. The zero-order valence-corrected chi connectivity index (χ0v) is 33.4. The van der Waals surface area contributed by atoms with Gasteiger partial charge in [-0.2, -0.15) is 26.3 Å². The molecule has 0 saturated heterocycles. The minimum absolute atomic E-state index is 0.0971. The van der Waals surface area contributed by atoms with Crippen molar-refractivity contribution in [2.45, 2.75) is 57.2 Å².